The highest BCUT2D eigenvalue weighted by Gasteiger charge is 2.07. The zero-order valence-electron chi connectivity index (χ0n) is 12.7. The van der Waals surface area contributed by atoms with Gasteiger partial charge in [0.15, 0.2) is 0 Å². The van der Waals surface area contributed by atoms with Gasteiger partial charge in [0, 0.05) is 13.0 Å². The largest absolute Gasteiger partial charge is 0.354 e. The quantitative estimate of drug-likeness (QED) is 0.627. The third kappa shape index (κ3) is 3.86. The minimum absolute atomic E-state index is 0.0535. The van der Waals surface area contributed by atoms with Gasteiger partial charge in [-0.15, -0.1) is 10.2 Å². The van der Waals surface area contributed by atoms with Crippen molar-refractivity contribution in [1.29, 1.82) is 0 Å². The topological polar surface area (TPSA) is 101 Å². The third-order valence-corrected chi connectivity index (χ3v) is 4.09. The smallest absolute Gasteiger partial charge is 0.230 e. The Labute approximate surface area is 137 Å². The second kappa shape index (κ2) is 7.23. The van der Waals surface area contributed by atoms with Gasteiger partial charge >= 0.3 is 0 Å². The van der Waals surface area contributed by atoms with E-state index in [1.165, 1.54) is 11.8 Å². The van der Waals surface area contributed by atoms with E-state index in [4.69, 9.17) is 0 Å². The van der Waals surface area contributed by atoms with Crippen LogP contribution < -0.4 is 5.32 Å². The highest BCUT2D eigenvalue weighted by atomic mass is 32.2. The Kier molecular flexibility index (Phi) is 4.86. The van der Waals surface area contributed by atoms with Crippen LogP contribution in [0.1, 0.15) is 12.7 Å². The Morgan fingerprint density at radius 1 is 1.39 bits per heavy atom. The van der Waals surface area contributed by atoms with E-state index in [0.717, 1.165) is 23.3 Å². The number of aromatic nitrogens is 6. The summed E-state index contributed by atoms with van der Waals surface area (Å²) in [5.41, 5.74) is 1.81. The van der Waals surface area contributed by atoms with Gasteiger partial charge in [-0.3, -0.25) is 9.89 Å². The molecule has 0 saturated heterocycles. The Balaban J connectivity index is 1.44. The molecule has 1 amide bonds. The molecule has 3 aromatic rings. The number of hydrogen-bond donors (Lipinski definition) is 2. The predicted molar refractivity (Wildman–Crippen MR) is 87.0 cm³/mol. The van der Waals surface area contributed by atoms with Gasteiger partial charge in [0.2, 0.25) is 11.1 Å². The van der Waals surface area contributed by atoms with Gasteiger partial charge in [0.1, 0.15) is 11.3 Å². The molecule has 1 aromatic carbocycles. The number of para-hydroxylation sites is 1. The number of aryl methyl sites for hydroxylation is 1. The lowest BCUT2D eigenvalue weighted by atomic mass is 10.3. The van der Waals surface area contributed by atoms with Crippen LogP contribution in [0.2, 0.25) is 0 Å². The summed E-state index contributed by atoms with van der Waals surface area (Å²) in [5, 5.41) is 18.5. The van der Waals surface area contributed by atoms with Crippen LogP contribution in [0.25, 0.3) is 11.0 Å². The normalized spacial score (nSPS) is 11.0. The molecule has 0 fully saturated rings. The molecule has 0 aliphatic carbocycles. The number of hydrogen-bond acceptors (Lipinski definition) is 6. The summed E-state index contributed by atoms with van der Waals surface area (Å²) in [6.45, 7) is 3.08. The number of thioether (sulfide) groups is 1. The summed E-state index contributed by atoms with van der Waals surface area (Å²) in [4.78, 5) is 16.1. The van der Waals surface area contributed by atoms with Crippen molar-refractivity contribution >= 4 is 28.7 Å². The molecule has 2 heterocycles. The van der Waals surface area contributed by atoms with E-state index in [2.05, 4.69) is 30.8 Å². The molecule has 8 nitrogen and oxygen atoms in total. The standard InChI is InChI=1S/C14H17N7OS/c1-2-12-16-14(19-18-12)23-9-13(22)15-7-8-21-11-6-4-3-5-10(11)17-20-21/h3-6H,2,7-9H2,1H3,(H,15,22)(H,16,18,19). The van der Waals surface area contributed by atoms with Crippen molar-refractivity contribution in [3.05, 3.63) is 30.1 Å². The van der Waals surface area contributed by atoms with Crippen LogP contribution in [0.3, 0.4) is 0 Å². The van der Waals surface area contributed by atoms with Crippen molar-refractivity contribution in [1.82, 2.24) is 35.5 Å². The van der Waals surface area contributed by atoms with Crippen molar-refractivity contribution in [3.8, 4) is 0 Å². The number of fused-ring (bicyclic) bond motifs is 1. The average molecular weight is 331 g/mol. The summed E-state index contributed by atoms with van der Waals surface area (Å²) < 4.78 is 1.78. The van der Waals surface area contributed by atoms with Crippen LogP contribution >= 0.6 is 11.8 Å². The average Bonchev–Trinajstić information content (AvgIpc) is 3.20. The van der Waals surface area contributed by atoms with Gasteiger partial charge in [0.25, 0.3) is 0 Å². The molecule has 0 bridgehead atoms. The summed E-state index contributed by atoms with van der Waals surface area (Å²) >= 11 is 1.31. The van der Waals surface area contributed by atoms with Crippen LogP contribution in [-0.2, 0) is 17.8 Å². The number of benzene rings is 1. The van der Waals surface area contributed by atoms with E-state index in [1.54, 1.807) is 4.68 Å². The van der Waals surface area contributed by atoms with Crippen molar-refractivity contribution in [2.24, 2.45) is 0 Å². The van der Waals surface area contributed by atoms with Gasteiger partial charge in [-0.05, 0) is 12.1 Å². The van der Waals surface area contributed by atoms with E-state index in [1.807, 2.05) is 31.2 Å². The van der Waals surface area contributed by atoms with Gasteiger partial charge in [0.05, 0.1) is 17.8 Å². The van der Waals surface area contributed by atoms with Crippen LogP contribution in [0.5, 0.6) is 0 Å². The van der Waals surface area contributed by atoms with E-state index < -0.39 is 0 Å². The van der Waals surface area contributed by atoms with E-state index in [9.17, 15) is 4.79 Å². The first-order chi connectivity index (χ1) is 11.3. The number of carbonyl (C=O) groups excluding carboxylic acids is 1. The van der Waals surface area contributed by atoms with Crippen LogP contribution in [-0.4, -0.2) is 48.4 Å². The Hall–Kier alpha value is -2.42. The maximum atomic E-state index is 11.8. The second-order valence-electron chi connectivity index (χ2n) is 4.86. The van der Waals surface area contributed by atoms with Crippen molar-refractivity contribution in [2.45, 2.75) is 25.0 Å². The molecular weight excluding hydrogens is 314 g/mol. The number of nitrogens with one attached hydrogen (secondary N) is 2. The lowest BCUT2D eigenvalue weighted by molar-refractivity contribution is -0.118. The second-order valence-corrected chi connectivity index (χ2v) is 5.80. The molecule has 23 heavy (non-hydrogen) atoms. The fraction of sp³-hybridized carbons (Fsp3) is 0.357. The summed E-state index contributed by atoms with van der Waals surface area (Å²) in [6, 6.07) is 7.74. The fourth-order valence-electron chi connectivity index (χ4n) is 2.07. The molecule has 9 heteroatoms. The van der Waals surface area contributed by atoms with E-state index >= 15 is 0 Å². The molecule has 3 rings (SSSR count). The Morgan fingerprint density at radius 3 is 3.09 bits per heavy atom. The third-order valence-electron chi connectivity index (χ3n) is 3.24. The summed E-state index contributed by atoms with van der Waals surface area (Å²) in [7, 11) is 0. The van der Waals surface area contributed by atoms with Crippen molar-refractivity contribution in [2.75, 3.05) is 12.3 Å². The molecule has 0 saturated carbocycles. The summed E-state index contributed by atoms with van der Waals surface area (Å²) in [5.74, 6) is 1.06. The Bertz CT molecular complexity index is 797. The maximum Gasteiger partial charge on any atom is 0.230 e. The molecule has 2 aromatic heterocycles. The SMILES string of the molecule is CCc1nc(SCC(=O)NCCn2nnc3ccccc32)n[nH]1. The van der Waals surface area contributed by atoms with Crippen molar-refractivity contribution < 1.29 is 4.79 Å². The Morgan fingerprint density at radius 2 is 2.26 bits per heavy atom. The monoisotopic (exact) mass is 331 g/mol. The minimum atomic E-state index is -0.0535. The van der Waals surface area contributed by atoms with Crippen LogP contribution in [0.4, 0.5) is 0 Å². The number of amides is 1. The van der Waals surface area contributed by atoms with Crippen LogP contribution in [0, 0.1) is 0 Å². The van der Waals surface area contributed by atoms with E-state index in [0.29, 0.717) is 24.0 Å². The van der Waals surface area contributed by atoms with Gasteiger partial charge < -0.3 is 5.32 Å². The van der Waals surface area contributed by atoms with Gasteiger partial charge in [-0.1, -0.05) is 36.0 Å². The molecule has 120 valence electrons. The van der Waals surface area contributed by atoms with Crippen molar-refractivity contribution in [3.63, 3.8) is 0 Å². The first-order valence-electron chi connectivity index (χ1n) is 7.35. The summed E-state index contributed by atoms with van der Waals surface area (Å²) in [6.07, 6.45) is 0.797. The molecule has 0 aliphatic rings. The minimum Gasteiger partial charge on any atom is -0.354 e. The zero-order valence-corrected chi connectivity index (χ0v) is 13.5. The lowest BCUT2D eigenvalue weighted by Crippen LogP contribution is -2.29. The highest BCUT2D eigenvalue weighted by Crippen LogP contribution is 2.12. The zero-order chi connectivity index (χ0) is 16.1. The number of aromatic amines is 1. The first kappa shape index (κ1) is 15.5. The number of carbonyl (C=O) groups is 1. The van der Waals surface area contributed by atoms with Crippen LogP contribution in [0.15, 0.2) is 29.4 Å². The highest BCUT2D eigenvalue weighted by molar-refractivity contribution is 7.99. The molecule has 0 radical (unpaired) electrons. The number of nitrogens with zero attached hydrogens (tertiary/aromatic N) is 5. The molecule has 0 aliphatic heterocycles. The van der Waals surface area contributed by atoms with Gasteiger partial charge in [-0.25, -0.2) is 9.67 Å². The molecule has 0 unspecified atom stereocenters. The lowest BCUT2D eigenvalue weighted by Gasteiger charge is -2.04. The molecule has 0 atom stereocenters. The fourth-order valence-corrected chi connectivity index (χ4v) is 2.71. The maximum absolute atomic E-state index is 11.8. The number of rotatable bonds is 7. The molecule has 2 N–H and O–H groups in total. The molecule has 0 spiro atoms. The first-order valence-corrected chi connectivity index (χ1v) is 8.34. The number of H-pyrrole nitrogens is 1. The van der Waals surface area contributed by atoms with Gasteiger partial charge in [-0.2, -0.15) is 0 Å². The molecular formula is C14H17N7OS. The van der Waals surface area contributed by atoms with E-state index in [-0.39, 0.29) is 5.91 Å². The predicted octanol–water partition coefficient (Wildman–Crippen LogP) is 1.02.